The van der Waals surface area contributed by atoms with Crippen LogP contribution in [0.4, 0.5) is 17.2 Å². The van der Waals surface area contributed by atoms with Crippen LogP contribution in [-0.4, -0.2) is 31.0 Å². The van der Waals surface area contributed by atoms with E-state index in [1.165, 1.54) is 6.20 Å². The van der Waals surface area contributed by atoms with Gasteiger partial charge in [0.1, 0.15) is 5.82 Å². The number of pyridine rings is 1. The topological polar surface area (TPSA) is 92.4 Å². The number of halogens is 1. The Labute approximate surface area is 159 Å². The van der Waals surface area contributed by atoms with Gasteiger partial charge in [0.2, 0.25) is 5.91 Å². The maximum absolute atomic E-state index is 12.2. The maximum atomic E-state index is 12.2. The van der Waals surface area contributed by atoms with E-state index in [4.69, 9.17) is 4.74 Å². The van der Waals surface area contributed by atoms with Crippen molar-refractivity contribution in [2.75, 3.05) is 24.8 Å². The van der Waals surface area contributed by atoms with Gasteiger partial charge in [0.05, 0.1) is 28.5 Å². The van der Waals surface area contributed by atoms with Gasteiger partial charge in [-0.3, -0.25) is 9.59 Å². The predicted molar refractivity (Wildman–Crippen MR) is 103 cm³/mol. The summed E-state index contributed by atoms with van der Waals surface area (Å²) in [5.41, 5.74) is 1.55. The number of carbonyl (C=O) groups excluding carboxylic acids is 2. The van der Waals surface area contributed by atoms with E-state index >= 15 is 0 Å². The number of hydrogen-bond acceptors (Lipinski definition) is 5. The number of nitrogens with one attached hydrogen (secondary N) is 3. The number of hydrogen-bond donors (Lipinski definition) is 3. The molecule has 2 aromatic rings. The largest absolute Gasteiger partial charge is 0.493 e. The van der Waals surface area contributed by atoms with Crippen molar-refractivity contribution in [2.45, 2.75) is 12.8 Å². The minimum absolute atomic E-state index is 0.0452. The SMILES string of the molecule is CNC(=O)c1cnc(NC(=O)C2CC2)cc1Nc1cccc(Br)c1OC. The summed E-state index contributed by atoms with van der Waals surface area (Å²) in [6.07, 6.45) is 3.25. The normalized spacial score (nSPS) is 13.0. The molecule has 1 aromatic heterocycles. The molecule has 0 spiro atoms. The lowest BCUT2D eigenvalue weighted by Crippen LogP contribution is -2.20. The molecule has 0 radical (unpaired) electrons. The molecule has 7 nitrogen and oxygen atoms in total. The second-order valence-electron chi connectivity index (χ2n) is 5.90. The van der Waals surface area contributed by atoms with E-state index in [1.807, 2.05) is 18.2 Å². The monoisotopic (exact) mass is 418 g/mol. The van der Waals surface area contributed by atoms with Crippen LogP contribution in [0.1, 0.15) is 23.2 Å². The number of anilines is 3. The quantitative estimate of drug-likeness (QED) is 0.668. The molecule has 1 aliphatic carbocycles. The van der Waals surface area contributed by atoms with Crippen LogP contribution in [0, 0.1) is 5.92 Å². The molecule has 1 saturated carbocycles. The highest BCUT2D eigenvalue weighted by atomic mass is 79.9. The van der Waals surface area contributed by atoms with Gasteiger partial charge in [-0.05, 0) is 40.9 Å². The standard InChI is InChI=1S/C18H19BrN4O3/c1-20-18(25)11-9-21-15(23-17(24)10-6-7-10)8-14(11)22-13-5-3-4-12(19)16(13)26-2/h3-5,8-10H,6-7H2,1-2H3,(H,20,25)(H2,21,22,23,24). The molecule has 1 aliphatic rings. The van der Waals surface area contributed by atoms with Crippen LogP contribution >= 0.6 is 15.9 Å². The first kappa shape index (κ1) is 18.2. The average Bonchev–Trinajstić information content (AvgIpc) is 3.47. The molecular formula is C18H19BrN4O3. The number of para-hydroxylation sites is 1. The van der Waals surface area contributed by atoms with Crippen molar-refractivity contribution in [3.05, 3.63) is 40.5 Å². The van der Waals surface area contributed by atoms with E-state index in [9.17, 15) is 9.59 Å². The molecule has 0 saturated heterocycles. The third kappa shape index (κ3) is 3.96. The summed E-state index contributed by atoms with van der Waals surface area (Å²) in [7, 11) is 3.12. The lowest BCUT2D eigenvalue weighted by molar-refractivity contribution is -0.117. The zero-order valence-corrected chi connectivity index (χ0v) is 16.0. The highest BCUT2D eigenvalue weighted by Gasteiger charge is 2.30. The summed E-state index contributed by atoms with van der Waals surface area (Å²) in [4.78, 5) is 28.4. The predicted octanol–water partition coefficient (Wildman–Crippen LogP) is 3.30. The number of benzene rings is 1. The average molecular weight is 419 g/mol. The number of amides is 2. The molecular weight excluding hydrogens is 400 g/mol. The van der Waals surface area contributed by atoms with Crippen molar-refractivity contribution in [1.82, 2.24) is 10.3 Å². The first-order valence-electron chi connectivity index (χ1n) is 8.16. The second-order valence-corrected chi connectivity index (χ2v) is 6.76. The fourth-order valence-electron chi connectivity index (χ4n) is 2.48. The summed E-state index contributed by atoms with van der Waals surface area (Å²) < 4.78 is 6.19. The first-order valence-corrected chi connectivity index (χ1v) is 8.95. The number of ether oxygens (including phenoxy) is 1. The van der Waals surface area contributed by atoms with Gasteiger partial charge in [0.15, 0.2) is 5.75 Å². The van der Waals surface area contributed by atoms with E-state index < -0.39 is 0 Å². The molecule has 1 aromatic carbocycles. The fourth-order valence-corrected chi connectivity index (χ4v) is 3.00. The number of methoxy groups -OCH3 is 1. The molecule has 0 bridgehead atoms. The van der Waals surface area contributed by atoms with Crippen molar-refractivity contribution in [3.8, 4) is 5.75 Å². The highest BCUT2D eigenvalue weighted by molar-refractivity contribution is 9.10. The molecule has 0 atom stereocenters. The number of aromatic nitrogens is 1. The zero-order chi connectivity index (χ0) is 18.7. The summed E-state index contributed by atoms with van der Waals surface area (Å²) in [5.74, 6) is 0.740. The Kier molecular flexibility index (Phi) is 5.41. The molecule has 0 unspecified atom stereocenters. The molecule has 26 heavy (non-hydrogen) atoms. The molecule has 2 amide bonds. The van der Waals surface area contributed by atoms with Gasteiger partial charge in [0, 0.05) is 25.2 Å². The number of carbonyl (C=O) groups is 2. The van der Waals surface area contributed by atoms with Crippen molar-refractivity contribution in [2.24, 2.45) is 5.92 Å². The zero-order valence-electron chi connectivity index (χ0n) is 14.4. The van der Waals surface area contributed by atoms with Gasteiger partial charge in [-0.15, -0.1) is 0 Å². The van der Waals surface area contributed by atoms with Crippen LogP contribution in [0.2, 0.25) is 0 Å². The summed E-state index contributed by atoms with van der Waals surface area (Å²) >= 11 is 3.44. The molecule has 3 N–H and O–H groups in total. The van der Waals surface area contributed by atoms with Gasteiger partial charge in [-0.2, -0.15) is 0 Å². The van der Waals surface area contributed by atoms with Crippen molar-refractivity contribution < 1.29 is 14.3 Å². The van der Waals surface area contributed by atoms with Crippen LogP contribution < -0.4 is 20.7 Å². The molecule has 136 valence electrons. The third-order valence-electron chi connectivity index (χ3n) is 4.02. The smallest absolute Gasteiger partial charge is 0.254 e. The van der Waals surface area contributed by atoms with Crippen molar-refractivity contribution in [3.63, 3.8) is 0 Å². The highest BCUT2D eigenvalue weighted by Crippen LogP contribution is 2.36. The van der Waals surface area contributed by atoms with E-state index in [2.05, 4.69) is 36.9 Å². The van der Waals surface area contributed by atoms with Crippen LogP contribution in [0.5, 0.6) is 5.75 Å². The summed E-state index contributed by atoms with van der Waals surface area (Å²) in [6, 6.07) is 7.19. The Bertz CT molecular complexity index is 852. The van der Waals surface area contributed by atoms with Gasteiger partial charge in [-0.25, -0.2) is 4.98 Å². The third-order valence-corrected chi connectivity index (χ3v) is 4.64. The van der Waals surface area contributed by atoms with Crippen molar-refractivity contribution in [1.29, 1.82) is 0 Å². The van der Waals surface area contributed by atoms with E-state index in [1.54, 1.807) is 20.2 Å². The molecule has 1 fully saturated rings. The Morgan fingerprint density at radius 1 is 1.27 bits per heavy atom. The fraction of sp³-hybridized carbons (Fsp3) is 0.278. The Hall–Kier alpha value is -2.61. The van der Waals surface area contributed by atoms with Crippen LogP contribution in [0.3, 0.4) is 0 Å². The van der Waals surface area contributed by atoms with Crippen LogP contribution in [-0.2, 0) is 4.79 Å². The number of rotatable bonds is 6. The molecule has 8 heteroatoms. The Morgan fingerprint density at radius 3 is 2.69 bits per heavy atom. The molecule has 3 rings (SSSR count). The maximum Gasteiger partial charge on any atom is 0.254 e. The molecule has 0 aliphatic heterocycles. The summed E-state index contributed by atoms with van der Waals surface area (Å²) in [6.45, 7) is 0. The van der Waals surface area contributed by atoms with Gasteiger partial charge in [0.25, 0.3) is 5.91 Å². The minimum Gasteiger partial charge on any atom is -0.493 e. The van der Waals surface area contributed by atoms with E-state index in [0.29, 0.717) is 28.5 Å². The Balaban J connectivity index is 1.95. The summed E-state index contributed by atoms with van der Waals surface area (Å²) in [5, 5.41) is 8.58. The van der Waals surface area contributed by atoms with Crippen LogP contribution in [0.15, 0.2) is 34.9 Å². The lowest BCUT2D eigenvalue weighted by Gasteiger charge is -2.16. The Morgan fingerprint density at radius 2 is 2.04 bits per heavy atom. The van der Waals surface area contributed by atoms with Gasteiger partial charge < -0.3 is 20.7 Å². The van der Waals surface area contributed by atoms with E-state index in [-0.39, 0.29) is 17.7 Å². The van der Waals surface area contributed by atoms with Crippen molar-refractivity contribution >= 4 is 44.9 Å². The van der Waals surface area contributed by atoms with Gasteiger partial charge in [-0.1, -0.05) is 6.07 Å². The van der Waals surface area contributed by atoms with Crippen LogP contribution in [0.25, 0.3) is 0 Å². The minimum atomic E-state index is -0.283. The first-order chi connectivity index (χ1) is 12.5. The number of nitrogens with zero attached hydrogens (tertiary/aromatic N) is 1. The molecule has 1 heterocycles. The second kappa shape index (κ2) is 7.74. The van der Waals surface area contributed by atoms with Gasteiger partial charge >= 0.3 is 0 Å². The van der Waals surface area contributed by atoms with E-state index in [0.717, 1.165) is 17.3 Å². The lowest BCUT2D eigenvalue weighted by atomic mass is 10.2.